The molecule has 0 aliphatic carbocycles. The molecule has 1 fully saturated rings. The molecule has 4 nitrogen and oxygen atoms in total. The van der Waals surface area contributed by atoms with Gasteiger partial charge in [-0.3, -0.25) is 9.69 Å². The SMILES string of the molecule is C[C@@H]1CN(Cc2ccc(C#N)cc2Br)C[C@H]1C(N)=O. The van der Waals surface area contributed by atoms with Crippen molar-refractivity contribution in [3.05, 3.63) is 33.8 Å². The molecule has 1 aromatic carbocycles. The van der Waals surface area contributed by atoms with Crippen LogP contribution in [0.5, 0.6) is 0 Å². The highest BCUT2D eigenvalue weighted by Crippen LogP contribution is 2.26. The summed E-state index contributed by atoms with van der Waals surface area (Å²) in [4.78, 5) is 13.5. The summed E-state index contributed by atoms with van der Waals surface area (Å²) in [7, 11) is 0. The number of nitrogens with two attached hydrogens (primary N) is 1. The zero-order valence-electron chi connectivity index (χ0n) is 10.8. The van der Waals surface area contributed by atoms with Gasteiger partial charge < -0.3 is 5.73 Å². The Morgan fingerprint density at radius 3 is 2.84 bits per heavy atom. The number of nitriles is 1. The lowest BCUT2D eigenvalue weighted by molar-refractivity contribution is -0.122. The number of amides is 1. The standard InChI is InChI=1S/C14H16BrN3O/c1-9-6-18(8-12(9)14(17)19)7-11-3-2-10(5-16)4-13(11)15/h2-4,9,12H,6-8H2,1H3,(H2,17,19)/t9-,12-/m1/s1. The summed E-state index contributed by atoms with van der Waals surface area (Å²) < 4.78 is 0.932. The van der Waals surface area contributed by atoms with Crippen molar-refractivity contribution in [1.29, 1.82) is 5.26 Å². The minimum atomic E-state index is -0.214. The first kappa shape index (κ1) is 14.0. The van der Waals surface area contributed by atoms with Crippen LogP contribution in [0.4, 0.5) is 0 Å². The Labute approximate surface area is 121 Å². The number of hydrogen-bond donors (Lipinski definition) is 1. The quantitative estimate of drug-likeness (QED) is 0.924. The molecule has 2 atom stereocenters. The zero-order valence-corrected chi connectivity index (χ0v) is 12.4. The second-order valence-electron chi connectivity index (χ2n) is 5.10. The second kappa shape index (κ2) is 5.72. The Bertz CT molecular complexity index is 538. The van der Waals surface area contributed by atoms with Crippen LogP contribution < -0.4 is 5.73 Å². The molecule has 0 radical (unpaired) electrons. The summed E-state index contributed by atoms with van der Waals surface area (Å²) in [6, 6.07) is 7.69. The molecule has 19 heavy (non-hydrogen) atoms. The van der Waals surface area contributed by atoms with Crippen LogP contribution in [-0.4, -0.2) is 23.9 Å². The van der Waals surface area contributed by atoms with Gasteiger partial charge in [-0.25, -0.2) is 0 Å². The lowest BCUT2D eigenvalue weighted by atomic mass is 9.98. The Morgan fingerprint density at radius 1 is 1.58 bits per heavy atom. The summed E-state index contributed by atoms with van der Waals surface area (Å²) in [5.74, 6) is 0.0284. The van der Waals surface area contributed by atoms with Gasteiger partial charge in [0.15, 0.2) is 0 Å². The number of benzene rings is 1. The van der Waals surface area contributed by atoms with Gasteiger partial charge in [-0.1, -0.05) is 28.9 Å². The van der Waals surface area contributed by atoms with Crippen molar-refractivity contribution in [3.63, 3.8) is 0 Å². The maximum Gasteiger partial charge on any atom is 0.222 e. The first-order valence-electron chi connectivity index (χ1n) is 6.21. The minimum Gasteiger partial charge on any atom is -0.369 e. The predicted molar refractivity (Wildman–Crippen MR) is 76.0 cm³/mol. The van der Waals surface area contributed by atoms with Gasteiger partial charge in [-0.2, -0.15) is 5.26 Å². The lowest BCUT2D eigenvalue weighted by Gasteiger charge is -2.16. The molecule has 1 amide bonds. The number of rotatable bonds is 3. The van der Waals surface area contributed by atoms with E-state index in [4.69, 9.17) is 11.0 Å². The summed E-state index contributed by atoms with van der Waals surface area (Å²) in [5, 5.41) is 8.84. The van der Waals surface area contributed by atoms with E-state index in [0.29, 0.717) is 18.0 Å². The van der Waals surface area contributed by atoms with E-state index >= 15 is 0 Å². The number of likely N-dealkylation sites (tertiary alicyclic amines) is 1. The van der Waals surface area contributed by atoms with Crippen LogP contribution in [0.1, 0.15) is 18.1 Å². The Morgan fingerprint density at radius 2 is 2.32 bits per heavy atom. The van der Waals surface area contributed by atoms with Gasteiger partial charge in [0.25, 0.3) is 0 Å². The van der Waals surface area contributed by atoms with Gasteiger partial charge in [0.2, 0.25) is 5.91 Å². The monoisotopic (exact) mass is 321 g/mol. The molecular formula is C14H16BrN3O. The highest BCUT2D eigenvalue weighted by atomic mass is 79.9. The van der Waals surface area contributed by atoms with Crippen LogP contribution in [0, 0.1) is 23.2 Å². The van der Waals surface area contributed by atoms with Crippen LogP contribution in [0.2, 0.25) is 0 Å². The predicted octanol–water partition coefficient (Wildman–Crippen LogP) is 1.87. The maximum atomic E-state index is 11.3. The summed E-state index contributed by atoms with van der Waals surface area (Å²) in [6.07, 6.45) is 0. The normalized spacial score (nSPS) is 23.2. The molecule has 5 heteroatoms. The number of nitrogens with zero attached hydrogens (tertiary/aromatic N) is 2. The fraction of sp³-hybridized carbons (Fsp3) is 0.429. The fourth-order valence-electron chi connectivity index (χ4n) is 2.55. The minimum absolute atomic E-state index is 0.0582. The third-order valence-electron chi connectivity index (χ3n) is 3.63. The van der Waals surface area contributed by atoms with E-state index in [-0.39, 0.29) is 11.8 Å². The van der Waals surface area contributed by atoms with Crippen molar-refractivity contribution in [3.8, 4) is 6.07 Å². The summed E-state index contributed by atoms with van der Waals surface area (Å²) >= 11 is 3.48. The van der Waals surface area contributed by atoms with E-state index in [1.807, 2.05) is 18.2 Å². The van der Waals surface area contributed by atoms with E-state index in [1.54, 1.807) is 0 Å². The smallest absolute Gasteiger partial charge is 0.222 e. The molecule has 0 unspecified atom stereocenters. The van der Waals surface area contributed by atoms with Crippen LogP contribution in [0.3, 0.4) is 0 Å². The molecule has 2 rings (SSSR count). The van der Waals surface area contributed by atoms with Gasteiger partial charge in [-0.05, 0) is 23.6 Å². The van der Waals surface area contributed by atoms with Crippen molar-refractivity contribution in [2.24, 2.45) is 17.6 Å². The lowest BCUT2D eigenvalue weighted by Crippen LogP contribution is -2.29. The maximum absolute atomic E-state index is 11.3. The molecule has 1 aliphatic heterocycles. The van der Waals surface area contributed by atoms with E-state index in [9.17, 15) is 4.79 Å². The van der Waals surface area contributed by atoms with Crippen LogP contribution in [0.15, 0.2) is 22.7 Å². The van der Waals surface area contributed by atoms with Gasteiger partial charge in [0, 0.05) is 24.1 Å². The number of carbonyl (C=O) groups excluding carboxylic acids is 1. The average molecular weight is 322 g/mol. The van der Waals surface area contributed by atoms with Crippen molar-refractivity contribution < 1.29 is 4.79 Å². The molecule has 100 valence electrons. The topological polar surface area (TPSA) is 70.1 Å². The summed E-state index contributed by atoms with van der Waals surface area (Å²) in [6.45, 7) is 4.41. The van der Waals surface area contributed by atoms with E-state index in [2.05, 4.69) is 33.8 Å². The largest absolute Gasteiger partial charge is 0.369 e. The number of hydrogen-bond acceptors (Lipinski definition) is 3. The van der Waals surface area contributed by atoms with Crippen molar-refractivity contribution in [2.45, 2.75) is 13.5 Å². The molecule has 0 aromatic heterocycles. The number of halogens is 1. The molecular weight excluding hydrogens is 306 g/mol. The second-order valence-corrected chi connectivity index (χ2v) is 5.95. The highest BCUT2D eigenvalue weighted by Gasteiger charge is 2.33. The van der Waals surface area contributed by atoms with Crippen LogP contribution in [-0.2, 0) is 11.3 Å². The van der Waals surface area contributed by atoms with Crippen molar-refractivity contribution in [1.82, 2.24) is 4.90 Å². The zero-order chi connectivity index (χ0) is 14.0. The molecule has 1 saturated heterocycles. The van der Waals surface area contributed by atoms with Crippen LogP contribution >= 0.6 is 15.9 Å². The number of carbonyl (C=O) groups is 1. The molecule has 1 aromatic rings. The Hall–Kier alpha value is -1.38. The van der Waals surface area contributed by atoms with Crippen LogP contribution in [0.25, 0.3) is 0 Å². The summed E-state index contributed by atoms with van der Waals surface area (Å²) in [5.41, 5.74) is 7.16. The van der Waals surface area contributed by atoms with E-state index < -0.39 is 0 Å². The Kier molecular flexibility index (Phi) is 4.23. The first-order valence-corrected chi connectivity index (χ1v) is 7.00. The van der Waals surface area contributed by atoms with Gasteiger partial charge in [0.1, 0.15) is 0 Å². The highest BCUT2D eigenvalue weighted by molar-refractivity contribution is 9.10. The third-order valence-corrected chi connectivity index (χ3v) is 4.37. The molecule has 2 N–H and O–H groups in total. The van der Waals surface area contributed by atoms with E-state index in [0.717, 1.165) is 23.1 Å². The first-order chi connectivity index (χ1) is 9.01. The molecule has 0 bridgehead atoms. The third kappa shape index (κ3) is 3.14. The average Bonchev–Trinajstić information content (AvgIpc) is 2.73. The van der Waals surface area contributed by atoms with E-state index in [1.165, 1.54) is 0 Å². The molecule has 1 aliphatic rings. The molecule has 0 spiro atoms. The fourth-order valence-corrected chi connectivity index (χ4v) is 3.06. The molecule has 1 heterocycles. The Balaban J connectivity index is 2.07. The van der Waals surface area contributed by atoms with Crippen molar-refractivity contribution >= 4 is 21.8 Å². The van der Waals surface area contributed by atoms with Gasteiger partial charge in [-0.15, -0.1) is 0 Å². The van der Waals surface area contributed by atoms with Crippen molar-refractivity contribution in [2.75, 3.05) is 13.1 Å². The van der Waals surface area contributed by atoms with Gasteiger partial charge in [0.05, 0.1) is 17.6 Å². The molecule has 0 saturated carbocycles. The number of primary amides is 1. The van der Waals surface area contributed by atoms with Gasteiger partial charge >= 0.3 is 0 Å².